The number of para-hydroxylation sites is 1. The van der Waals surface area contributed by atoms with Gasteiger partial charge in [-0.2, -0.15) is 0 Å². The lowest BCUT2D eigenvalue weighted by Crippen LogP contribution is -2.24. The molecule has 3 aromatic rings. The fraction of sp³-hybridized carbons (Fsp3) is 0.136. The summed E-state index contributed by atoms with van der Waals surface area (Å²) in [6, 6.07) is 11.9. The number of benzene rings is 2. The molecule has 9 heteroatoms. The standard InChI is InChI=1S/C22H20N2O7/c1-11-5-3-4-6-14(11)31-10-13-9-12(7-8-15(13)30-2)16-17(21(26)27)19(23)24-20(25)18(16)22(28)29/h3-9H,10H2,1-2H3,(H,26,27)(H,28,29)(H3,23,24,25). The quantitative estimate of drug-likeness (QED) is 0.452. The summed E-state index contributed by atoms with van der Waals surface area (Å²) in [6.07, 6.45) is 0. The van der Waals surface area contributed by atoms with Gasteiger partial charge in [-0.15, -0.1) is 0 Å². The zero-order valence-corrected chi connectivity index (χ0v) is 16.8. The van der Waals surface area contributed by atoms with Crippen molar-refractivity contribution in [2.75, 3.05) is 12.8 Å². The van der Waals surface area contributed by atoms with Crippen LogP contribution >= 0.6 is 0 Å². The van der Waals surface area contributed by atoms with Crippen molar-refractivity contribution >= 4 is 17.8 Å². The molecule has 0 saturated heterocycles. The summed E-state index contributed by atoms with van der Waals surface area (Å²) in [5.41, 5.74) is 4.80. The van der Waals surface area contributed by atoms with Crippen LogP contribution in [-0.4, -0.2) is 34.2 Å². The maximum atomic E-state index is 12.2. The largest absolute Gasteiger partial charge is 0.496 e. The number of methoxy groups -OCH3 is 1. The first-order chi connectivity index (χ1) is 14.7. The Hall–Kier alpha value is -4.27. The second kappa shape index (κ2) is 8.62. The Labute approximate surface area is 176 Å². The minimum absolute atomic E-state index is 0.0609. The average molecular weight is 424 g/mol. The van der Waals surface area contributed by atoms with E-state index in [1.54, 1.807) is 12.1 Å². The summed E-state index contributed by atoms with van der Waals surface area (Å²) < 4.78 is 11.2. The maximum Gasteiger partial charge on any atom is 0.342 e. The molecule has 0 unspecified atom stereocenters. The van der Waals surface area contributed by atoms with E-state index in [0.29, 0.717) is 17.1 Å². The molecule has 9 nitrogen and oxygen atoms in total. The number of hydrogen-bond donors (Lipinski definition) is 4. The van der Waals surface area contributed by atoms with Crippen molar-refractivity contribution in [3.8, 4) is 22.6 Å². The first-order valence-corrected chi connectivity index (χ1v) is 9.12. The Kier molecular flexibility index (Phi) is 5.96. The third-order valence-electron chi connectivity index (χ3n) is 4.72. The molecule has 1 heterocycles. The molecule has 0 atom stereocenters. The van der Waals surface area contributed by atoms with Crippen LogP contribution in [0.1, 0.15) is 31.8 Å². The smallest absolute Gasteiger partial charge is 0.342 e. The van der Waals surface area contributed by atoms with Gasteiger partial charge >= 0.3 is 11.9 Å². The van der Waals surface area contributed by atoms with E-state index < -0.39 is 34.4 Å². The second-order valence-corrected chi connectivity index (χ2v) is 6.68. The molecule has 2 aromatic carbocycles. The normalized spacial score (nSPS) is 10.5. The lowest BCUT2D eigenvalue weighted by atomic mass is 9.94. The van der Waals surface area contributed by atoms with Gasteiger partial charge in [0, 0.05) is 11.1 Å². The first-order valence-electron chi connectivity index (χ1n) is 9.12. The van der Waals surface area contributed by atoms with Crippen molar-refractivity contribution in [2.24, 2.45) is 0 Å². The lowest BCUT2D eigenvalue weighted by molar-refractivity contribution is 0.0695. The number of rotatable bonds is 7. The Morgan fingerprint density at radius 3 is 2.32 bits per heavy atom. The molecule has 160 valence electrons. The highest BCUT2D eigenvalue weighted by atomic mass is 16.5. The Morgan fingerprint density at radius 2 is 1.71 bits per heavy atom. The van der Waals surface area contributed by atoms with Crippen LogP contribution in [0.5, 0.6) is 11.5 Å². The number of carboxylic acid groups (broad SMARTS) is 2. The molecular formula is C22H20N2O7. The van der Waals surface area contributed by atoms with E-state index in [0.717, 1.165) is 5.56 Å². The van der Waals surface area contributed by atoms with Gasteiger partial charge in [0.2, 0.25) is 0 Å². The molecule has 3 rings (SSSR count). The molecule has 0 saturated carbocycles. The number of aromatic nitrogens is 1. The summed E-state index contributed by atoms with van der Waals surface area (Å²) in [6.45, 7) is 1.95. The Morgan fingerprint density at radius 1 is 1.03 bits per heavy atom. The Balaban J connectivity index is 2.17. The van der Waals surface area contributed by atoms with E-state index in [1.165, 1.54) is 19.2 Å². The van der Waals surface area contributed by atoms with E-state index in [2.05, 4.69) is 4.98 Å². The third-order valence-corrected chi connectivity index (χ3v) is 4.72. The van der Waals surface area contributed by atoms with Crippen LogP contribution < -0.4 is 20.8 Å². The molecular weight excluding hydrogens is 404 g/mol. The highest BCUT2D eigenvalue weighted by Gasteiger charge is 2.27. The van der Waals surface area contributed by atoms with Crippen molar-refractivity contribution in [3.05, 3.63) is 75.1 Å². The number of pyridine rings is 1. The number of aromatic carboxylic acids is 2. The van der Waals surface area contributed by atoms with Crippen molar-refractivity contribution in [3.63, 3.8) is 0 Å². The summed E-state index contributed by atoms with van der Waals surface area (Å²) in [5, 5.41) is 19.2. The molecule has 0 bridgehead atoms. The summed E-state index contributed by atoms with van der Waals surface area (Å²) in [7, 11) is 1.46. The number of hydrogen-bond acceptors (Lipinski definition) is 6. The van der Waals surface area contributed by atoms with Gasteiger partial charge in [-0.05, 0) is 36.2 Å². The average Bonchev–Trinajstić information content (AvgIpc) is 2.71. The van der Waals surface area contributed by atoms with Gasteiger partial charge in [0.25, 0.3) is 5.56 Å². The van der Waals surface area contributed by atoms with Crippen LogP contribution in [0.4, 0.5) is 5.82 Å². The first kappa shape index (κ1) is 21.4. The number of anilines is 1. The van der Waals surface area contributed by atoms with E-state index >= 15 is 0 Å². The minimum atomic E-state index is -1.58. The van der Waals surface area contributed by atoms with Gasteiger partial charge in [0.1, 0.15) is 35.1 Å². The van der Waals surface area contributed by atoms with Gasteiger partial charge in [0.15, 0.2) is 0 Å². The predicted octanol–water partition coefficient (Wildman–Crippen LogP) is 2.92. The van der Waals surface area contributed by atoms with E-state index in [-0.39, 0.29) is 17.7 Å². The van der Waals surface area contributed by atoms with Crippen molar-refractivity contribution in [1.82, 2.24) is 4.98 Å². The number of ether oxygens (including phenoxy) is 2. The fourth-order valence-electron chi connectivity index (χ4n) is 3.26. The topological polar surface area (TPSA) is 152 Å². The maximum absolute atomic E-state index is 12.2. The zero-order valence-electron chi connectivity index (χ0n) is 16.8. The second-order valence-electron chi connectivity index (χ2n) is 6.68. The molecule has 0 spiro atoms. The van der Waals surface area contributed by atoms with Gasteiger partial charge in [0.05, 0.1) is 7.11 Å². The number of carbonyl (C=O) groups is 2. The summed E-state index contributed by atoms with van der Waals surface area (Å²) in [5.74, 6) is -2.39. The number of aromatic amines is 1. The highest BCUT2D eigenvalue weighted by molar-refractivity contribution is 6.07. The SMILES string of the molecule is COc1ccc(-c2c(C(=O)O)c(N)[nH]c(=O)c2C(=O)O)cc1COc1ccccc1C. The van der Waals surface area contributed by atoms with Crippen LogP contribution in [-0.2, 0) is 6.61 Å². The predicted molar refractivity (Wildman–Crippen MR) is 113 cm³/mol. The number of aryl methyl sites for hydroxylation is 1. The van der Waals surface area contributed by atoms with E-state index in [9.17, 15) is 24.6 Å². The summed E-state index contributed by atoms with van der Waals surface area (Å²) >= 11 is 0. The molecule has 31 heavy (non-hydrogen) atoms. The molecule has 0 amide bonds. The van der Waals surface area contributed by atoms with Crippen molar-refractivity contribution < 1.29 is 29.3 Å². The van der Waals surface area contributed by atoms with Gasteiger partial charge in [-0.25, -0.2) is 9.59 Å². The molecule has 0 radical (unpaired) electrons. The molecule has 0 aliphatic rings. The van der Waals surface area contributed by atoms with E-state index in [1.807, 2.05) is 25.1 Å². The number of nitrogen functional groups attached to an aromatic ring is 1. The monoisotopic (exact) mass is 424 g/mol. The number of nitrogens with two attached hydrogens (primary N) is 1. The molecule has 0 fully saturated rings. The van der Waals surface area contributed by atoms with Gasteiger partial charge < -0.3 is 30.4 Å². The van der Waals surface area contributed by atoms with Crippen LogP contribution in [0.25, 0.3) is 11.1 Å². The minimum Gasteiger partial charge on any atom is -0.496 e. The van der Waals surface area contributed by atoms with Crippen LogP contribution in [0, 0.1) is 6.92 Å². The van der Waals surface area contributed by atoms with Crippen LogP contribution in [0.15, 0.2) is 47.3 Å². The van der Waals surface area contributed by atoms with Crippen molar-refractivity contribution in [2.45, 2.75) is 13.5 Å². The Bertz CT molecular complexity index is 1230. The number of carboxylic acids is 2. The highest BCUT2D eigenvalue weighted by Crippen LogP contribution is 2.33. The van der Waals surface area contributed by atoms with Crippen LogP contribution in [0.2, 0.25) is 0 Å². The van der Waals surface area contributed by atoms with E-state index in [4.69, 9.17) is 15.2 Å². The molecule has 5 N–H and O–H groups in total. The summed E-state index contributed by atoms with van der Waals surface area (Å²) in [4.78, 5) is 37.9. The van der Waals surface area contributed by atoms with Crippen LogP contribution in [0.3, 0.4) is 0 Å². The lowest BCUT2D eigenvalue weighted by Gasteiger charge is -2.16. The molecule has 1 aromatic heterocycles. The molecule has 0 aliphatic carbocycles. The third kappa shape index (κ3) is 4.20. The van der Waals surface area contributed by atoms with Gasteiger partial charge in [-0.3, -0.25) is 4.79 Å². The van der Waals surface area contributed by atoms with Gasteiger partial charge in [-0.1, -0.05) is 24.3 Å². The number of H-pyrrole nitrogens is 1. The fourth-order valence-corrected chi connectivity index (χ4v) is 3.26. The molecule has 0 aliphatic heterocycles. The van der Waals surface area contributed by atoms with Crippen molar-refractivity contribution in [1.29, 1.82) is 0 Å². The zero-order chi connectivity index (χ0) is 22.7. The number of nitrogens with one attached hydrogen (secondary N) is 1.